The van der Waals surface area contributed by atoms with Crippen LogP contribution in [0.4, 0.5) is 9.18 Å². The highest BCUT2D eigenvalue weighted by Gasteiger charge is 2.61. The van der Waals surface area contributed by atoms with E-state index in [9.17, 15) is 23.6 Å². The van der Waals surface area contributed by atoms with Gasteiger partial charge in [0.25, 0.3) is 0 Å². The fourth-order valence-electron chi connectivity index (χ4n) is 7.49. The van der Waals surface area contributed by atoms with E-state index >= 15 is 0 Å². The molecule has 0 unspecified atom stereocenters. The van der Waals surface area contributed by atoms with Crippen molar-refractivity contribution in [1.29, 1.82) is 0 Å². The highest BCUT2D eigenvalue weighted by atomic mass is 19.1. The van der Waals surface area contributed by atoms with Gasteiger partial charge in [0, 0.05) is 37.0 Å². The van der Waals surface area contributed by atoms with E-state index in [0.29, 0.717) is 30.9 Å². The number of nitrogens with zero attached hydrogens (tertiary/aromatic N) is 2. The summed E-state index contributed by atoms with van der Waals surface area (Å²) in [5.74, 6) is -0.674. The van der Waals surface area contributed by atoms with Crippen LogP contribution in [0.15, 0.2) is 30.4 Å². The van der Waals surface area contributed by atoms with E-state index < -0.39 is 35.7 Å². The van der Waals surface area contributed by atoms with E-state index in [4.69, 9.17) is 4.74 Å². The maximum absolute atomic E-state index is 14.4. The topological polar surface area (TPSA) is 120 Å². The van der Waals surface area contributed by atoms with Crippen LogP contribution >= 0.6 is 0 Å². The zero-order valence-electron chi connectivity index (χ0n) is 26.5. The predicted molar refractivity (Wildman–Crippen MR) is 168 cm³/mol. The molecule has 248 valence electrons. The maximum atomic E-state index is 14.4. The molecule has 4 amide bonds. The van der Waals surface area contributed by atoms with Crippen molar-refractivity contribution < 1.29 is 28.3 Å². The van der Waals surface area contributed by atoms with Gasteiger partial charge in [0.15, 0.2) is 0 Å². The minimum Gasteiger partial charge on any atom is -0.444 e. The molecule has 11 heteroatoms. The van der Waals surface area contributed by atoms with Crippen molar-refractivity contribution in [2.24, 2.45) is 11.8 Å². The standard InChI is InChI=1S/C35H46FN5O5/c36-28-12-6-8-23-19-40(21-27(23)28)34(45)46-26-16-30-31(42)39-35(33(44)37-18-22-14-15-22)17-24(35)9-4-2-1-3-5-13-29(32(43)41(30)20-26)38-25-10-7-11-25/h4,6,8-9,12,22,24-26,29-30,38H,1-3,5,7,10-11,13-21H2,(H,37,44)(H,39,42)/t24-,26-,29+,30+,35-/m1/s1. The molecule has 5 atom stereocenters. The van der Waals surface area contributed by atoms with Gasteiger partial charge in [0.05, 0.1) is 19.1 Å². The van der Waals surface area contributed by atoms with Gasteiger partial charge in [-0.3, -0.25) is 19.3 Å². The number of hydrogen-bond donors (Lipinski definition) is 3. The van der Waals surface area contributed by atoms with Crippen molar-refractivity contribution in [3.63, 3.8) is 0 Å². The molecular weight excluding hydrogens is 589 g/mol. The SMILES string of the molecule is O=C1N[C@]2(C(=O)NCC3CC3)C[C@H]2C=CCCCCC[C@H](NC2CCC2)C(=O)N2C[C@H](OC(=O)N3Cc4cccc(F)c4C3)C[C@@H]12. The Morgan fingerprint density at radius 3 is 2.65 bits per heavy atom. The quantitative estimate of drug-likeness (QED) is 0.411. The summed E-state index contributed by atoms with van der Waals surface area (Å²) < 4.78 is 20.3. The number of amides is 4. The molecule has 46 heavy (non-hydrogen) atoms. The Kier molecular flexibility index (Phi) is 8.78. The molecule has 3 N–H and O–H groups in total. The van der Waals surface area contributed by atoms with Gasteiger partial charge in [-0.15, -0.1) is 0 Å². The van der Waals surface area contributed by atoms with Crippen LogP contribution in [0.2, 0.25) is 0 Å². The third kappa shape index (κ3) is 6.52. The molecule has 3 aliphatic carbocycles. The first kappa shape index (κ1) is 31.1. The number of ether oxygens (including phenoxy) is 1. The normalized spacial score (nSPS) is 31.5. The molecule has 10 nitrogen and oxygen atoms in total. The fourth-order valence-corrected chi connectivity index (χ4v) is 7.49. The smallest absolute Gasteiger partial charge is 0.410 e. The number of allylic oxidation sites excluding steroid dienone is 1. The summed E-state index contributed by atoms with van der Waals surface area (Å²) in [7, 11) is 0. The van der Waals surface area contributed by atoms with Crippen molar-refractivity contribution >= 4 is 23.8 Å². The van der Waals surface area contributed by atoms with Crippen molar-refractivity contribution in [1.82, 2.24) is 25.8 Å². The van der Waals surface area contributed by atoms with Crippen molar-refractivity contribution in [2.45, 2.75) is 120 Å². The number of halogens is 1. The molecule has 0 spiro atoms. The summed E-state index contributed by atoms with van der Waals surface area (Å²) in [6.07, 6.45) is 13.4. The molecule has 3 aliphatic heterocycles. The third-order valence-corrected chi connectivity index (χ3v) is 10.9. The molecule has 1 aromatic rings. The monoisotopic (exact) mass is 635 g/mol. The predicted octanol–water partition coefficient (Wildman–Crippen LogP) is 3.68. The largest absolute Gasteiger partial charge is 0.444 e. The summed E-state index contributed by atoms with van der Waals surface area (Å²) in [6.45, 7) is 1.05. The lowest BCUT2D eigenvalue weighted by atomic mass is 9.91. The van der Waals surface area contributed by atoms with E-state index in [0.717, 1.165) is 63.4 Å². The number of hydrogen-bond acceptors (Lipinski definition) is 6. The van der Waals surface area contributed by atoms with Gasteiger partial charge in [-0.25, -0.2) is 9.18 Å². The van der Waals surface area contributed by atoms with Crippen molar-refractivity contribution in [3.05, 3.63) is 47.3 Å². The molecule has 4 fully saturated rings. The first-order chi connectivity index (χ1) is 22.3. The molecule has 6 aliphatic rings. The molecule has 3 saturated carbocycles. The average Bonchev–Trinajstić information content (AvgIpc) is 3.87. The van der Waals surface area contributed by atoms with Gasteiger partial charge in [0.1, 0.15) is 23.5 Å². The molecular formula is C35H46FN5O5. The van der Waals surface area contributed by atoms with Crippen LogP contribution in [-0.4, -0.2) is 76.5 Å². The number of rotatable bonds is 6. The number of carbonyl (C=O) groups is 4. The van der Waals surface area contributed by atoms with E-state index in [-0.39, 0.29) is 55.6 Å². The Hall–Kier alpha value is -3.47. The summed E-state index contributed by atoms with van der Waals surface area (Å²) in [5.41, 5.74) is 0.186. The maximum Gasteiger partial charge on any atom is 0.410 e. The first-order valence-corrected chi connectivity index (χ1v) is 17.4. The summed E-state index contributed by atoms with van der Waals surface area (Å²) in [6, 6.07) is 3.78. The average molecular weight is 636 g/mol. The second-order valence-corrected chi connectivity index (χ2v) is 14.3. The molecule has 0 radical (unpaired) electrons. The van der Waals surface area contributed by atoms with Gasteiger partial charge >= 0.3 is 6.09 Å². The summed E-state index contributed by atoms with van der Waals surface area (Å²) >= 11 is 0. The Balaban J connectivity index is 1.10. The van der Waals surface area contributed by atoms with Gasteiger partial charge in [0.2, 0.25) is 17.7 Å². The number of fused-ring (bicyclic) bond motifs is 3. The van der Waals surface area contributed by atoms with Crippen LogP contribution in [0.25, 0.3) is 0 Å². The molecule has 3 heterocycles. The van der Waals surface area contributed by atoms with Crippen LogP contribution in [0.1, 0.15) is 88.2 Å². The fraction of sp³-hybridized carbons (Fsp3) is 0.657. The zero-order chi connectivity index (χ0) is 31.8. The Morgan fingerprint density at radius 2 is 1.89 bits per heavy atom. The number of carbonyl (C=O) groups excluding carboxylic acids is 4. The van der Waals surface area contributed by atoms with Gasteiger partial charge < -0.3 is 25.6 Å². The van der Waals surface area contributed by atoms with Crippen LogP contribution in [0.3, 0.4) is 0 Å². The molecule has 0 bridgehead atoms. The lowest BCUT2D eigenvalue weighted by molar-refractivity contribution is -0.141. The Morgan fingerprint density at radius 1 is 1.04 bits per heavy atom. The molecule has 1 aromatic carbocycles. The summed E-state index contributed by atoms with van der Waals surface area (Å²) in [5, 5.41) is 9.72. The lowest BCUT2D eigenvalue weighted by Gasteiger charge is -2.34. The Labute approximate surface area is 269 Å². The van der Waals surface area contributed by atoms with E-state index in [2.05, 4.69) is 28.1 Å². The minimum absolute atomic E-state index is 0.0882. The number of nitrogens with one attached hydrogen (secondary N) is 3. The molecule has 7 rings (SSSR count). The minimum atomic E-state index is -1.04. The zero-order valence-corrected chi connectivity index (χ0v) is 26.5. The van der Waals surface area contributed by atoms with E-state index in [1.54, 1.807) is 17.0 Å². The second-order valence-electron chi connectivity index (χ2n) is 14.3. The van der Waals surface area contributed by atoms with Crippen molar-refractivity contribution in [2.75, 3.05) is 13.1 Å². The highest BCUT2D eigenvalue weighted by molar-refractivity contribution is 5.98. The lowest BCUT2D eigenvalue weighted by Crippen LogP contribution is -2.58. The molecule has 0 aromatic heterocycles. The van der Waals surface area contributed by atoms with Crippen LogP contribution in [0, 0.1) is 17.7 Å². The van der Waals surface area contributed by atoms with Crippen LogP contribution in [-0.2, 0) is 32.2 Å². The van der Waals surface area contributed by atoms with Crippen LogP contribution in [0.5, 0.6) is 0 Å². The van der Waals surface area contributed by atoms with E-state index in [1.165, 1.54) is 11.0 Å². The van der Waals surface area contributed by atoms with Gasteiger partial charge in [-0.05, 0) is 68.9 Å². The van der Waals surface area contributed by atoms with Gasteiger partial charge in [-0.1, -0.05) is 43.5 Å². The number of benzene rings is 1. The third-order valence-electron chi connectivity index (χ3n) is 10.9. The van der Waals surface area contributed by atoms with Crippen molar-refractivity contribution in [3.8, 4) is 0 Å². The first-order valence-electron chi connectivity index (χ1n) is 17.4. The Bertz CT molecular complexity index is 1400. The van der Waals surface area contributed by atoms with Crippen LogP contribution < -0.4 is 16.0 Å². The second kappa shape index (κ2) is 13.0. The highest BCUT2D eigenvalue weighted by Crippen LogP contribution is 2.46. The van der Waals surface area contributed by atoms with Gasteiger partial charge in [-0.2, -0.15) is 0 Å². The van der Waals surface area contributed by atoms with E-state index in [1.807, 2.05) is 0 Å². The molecule has 1 saturated heterocycles. The summed E-state index contributed by atoms with van der Waals surface area (Å²) in [4.78, 5) is 58.2.